The molecule has 1 aromatic carbocycles. The van der Waals surface area contributed by atoms with Crippen LogP contribution in [0.5, 0.6) is 0 Å². The van der Waals surface area contributed by atoms with Gasteiger partial charge in [0.05, 0.1) is 12.1 Å². The summed E-state index contributed by atoms with van der Waals surface area (Å²) in [6, 6.07) is 8.79. The molecule has 5 heteroatoms. The van der Waals surface area contributed by atoms with Gasteiger partial charge in [0, 0.05) is 36.3 Å². The predicted molar refractivity (Wildman–Crippen MR) is 75.2 cm³/mol. The minimum Gasteiger partial charge on any atom is -0.369 e. The van der Waals surface area contributed by atoms with Gasteiger partial charge >= 0.3 is 0 Å². The summed E-state index contributed by atoms with van der Waals surface area (Å²) in [5.74, 6) is 1.08. The molecule has 0 bridgehead atoms. The monoisotopic (exact) mass is 268 g/mol. The Hall–Kier alpha value is -2.43. The molecule has 0 saturated heterocycles. The molecule has 100 valence electrons. The molecule has 0 radical (unpaired) electrons. The third-order valence-electron chi connectivity index (χ3n) is 3.79. The van der Waals surface area contributed by atoms with Gasteiger partial charge in [0.25, 0.3) is 0 Å². The molecule has 0 amide bonds. The first kappa shape index (κ1) is 11.4. The van der Waals surface area contributed by atoms with Crippen LogP contribution in [0.15, 0.2) is 42.7 Å². The molecule has 1 aliphatic heterocycles. The van der Waals surface area contributed by atoms with Crippen molar-refractivity contribution in [1.29, 1.82) is 0 Å². The average molecular weight is 268 g/mol. The van der Waals surface area contributed by atoms with E-state index in [0.717, 1.165) is 24.3 Å². The van der Waals surface area contributed by atoms with Crippen molar-refractivity contribution in [2.24, 2.45) is 0 Å². The van der Waals surface area contributed by atoms with Gasteiger partial charge in [0.2, 0.25) is 0 Å². The lowest BCUT2D eigenvalue weighted by Gasteiger charge is -2.25. The van der Waals surface area contributed by atoms with E-state index in [1.165, 1.54) is 17.7 Å². The van der Waals surface area contributed by atoms with Crippen LogP contribution in [0.3, 0.4) is 0 Å². The number of hydrogen-bond acceptors (Lipinski definition) is 3. The molecule has 0 saturated carbocycles. The minimum absolute atomic E-state index is 0.251. The van der Waals surface area contributed by atoms with Crippen molar-refractivity contribution >= 4 is 16.7 Å². The molecule has 4 rings (SSSR count). The predicted octanol–water partition coefficient (Wildman–Crippen LogP) is 2.78. The number of pyridine rings is 1. The van der Waals surface area contributed by atoms with E-state index >= 15 is 0 Å². The van der Waals surface area contributed by atoms with Gasteiger partial charge in [-0.2, -0.15) is 5.10 Å². The SMILES string of the molecule is Fc1ccc2c3n(nc2c1)CC(c1ccncc1)CN3. The molecule has 0 spiro atoms. The van der Waals surface area contributed by atoms with Crippen LogP contribution in [0.4, 0.5) is 10.2 Å². The maximum atomic E-state index is 13.3. The van der Waals surface area contributed by atoms with Crippen LogP contribution in [-0.4, -0.2) is 21.3 Å². The fourth-order valence-electron chi connectivity index (χ4n) is 2.78. The number of nitrogens with one attached hydrogen (secondary N) is 1. The maximum absolute atomic E-state index is 13.3. The number of anilines is 1. The third-order valence-corrected chi connectivity index (χ3v) is 3.79. The topological polar surface area (TPSA) is 42.7 Å². The first-order chi connectivity index (χ1) is 9.81. The van der Waals surface area contributed by atoms with Crippen molar-refractivity contribution in [3.05, 3.63) is 54.1 Å². The van der Waals surface area contributed by atoms with Crippen LogP contribution >= 0.6 is 0 Å². The summed E-state index contributed by atoms with van der Waals surface area (Å²) < 4.78 is 15.2. The highest BCUT2D eigenvalue weighted by Gasteiger charge is 2.22. The fraction of sp³-hybridized carbons (Fsp3) is 0.200. The number of fused-ring (bicyclic) bond motifs is 3. The average Bonchev–Trinajstić information content (AvgIpc) is 2.84. The Morgan fingerprint density at radius 1 is 1.20 bits per heavy atom. The quantitative estimate of drug-likeness (QED) is 0.738. The van der Waals surface area contributed by atoms with E-state index in [4.69, 9.17) is 0 Å². The van der Waals surface area contributed by atoms with Gasteiger partial charge in [-0.1, -0.05) is 0 Å². The van der Waals surface area contributed by atoms with E-state index in [1.54, 1.807) is 18.5 Å². The number of benzene rings is 1. The van der Waals surface area contributed by atoms with E-state index in [9.17, 15) is 4.39 Å². The van der Waals surface area contributed by atoms with Crippen molar-refractivity contribution in [1.82, 2.24) is 14.8 Å². The molecule has 2 aromatic heterocycles. The first-order valence-electron chi connectivity index (χ1n) is 6.61. The molecule has 1 unspecified atom stereocenters. The van der Waals surface area contributed by atoms with Gasteiger partial charge in [-0.25, -0.2) is 9.07 Å². The number of hydrogen-bond donors (Lipinski definition) is 1. The standard InChI is InChI=1S/C15H13FN4/c16-12-1-2-13-14(7-12)19-20-9-11(8-18-15(13)20)10-3-5-17-6-4-10/h1-7,11,18H,8-9H2. The Balaban J connectivity index is 1.75. The third kappa shape index (κ3) is 1.74. The van der Waals surface area contributed by atoms with E-state index in [1.807, 2.05) is 16.8 Å². The van der Waals surface area contributed by atoms with Crippen molar-refractivity contribution < 1.29 is 4.39 Å². The Labute approximate surface area is 115 Å². The van der Waals surface area contributed by atoms with Crippen LogP contribution in [0.1, 0.15) is 11.5 Å². The summed E-state index contributed by atoms with van der Waals surface area (Å²) in [5.41, 5.74) is 1.94. The Morgan fingerprint density at radius 3 is 2.90 bits per heavy atom. The number of aromatic nitrogens is 3. The van der Waals surface area contributed by atoms with Gasteiger partial charge in [-0.15, -0.1) is 0 Å². The molecule has 4 nitrogen and oxygen atoms in total. The number of nitrogens with zero attached hydrogens (tertiary/aromatic N) is 3. The molecule has 1 atom stereocenters. The smallest absolute Gasteiger partial charge is 0.132 e. The van der Waals surface area contributed by atoms with Crippen molar-refractivity contribution in [2.45, 2.75) is 12.5 Å². The largest absolute Gasteiger partial charge is 0.369 e. The highest BCUT2D eigenvalue weighted by atomic mass is 19.1. The summed E-state index contributed by atoms with van der Waals surface area (Å²) in [7, 11) is 0. The second kappa shape index (κ2) is 4.30. The summed E-state index contributed by atoms with van der Waals surface area (Å²) in [4.78, 5) is 4.04. The lowest BCUT2D eigenvalue weighted by molar-refractivity contribution is 0.509. The summed E-state index contributed by atoms with van der Waals surface area (Å²) in [6.45, 7) is 1.64. The molecular formula is C15H13FN4. The first-order valence-corrected chi connectivity index (χ1v) is 6.61. The minimum atomic E-state index is -0.251. The molecule has 1 aliphatic rings. The lowest BCUT2D eigenvalue weighted by Crippen LogP contribution is -2.26. The highest BCUT2D eigenvalue weighted by Crippen LogP contribution is 2.31. The summed E-state index contributed by atoms with van der Waals surface area (Å²) >= 11 is 0. The van der Waals surface area contributed by atoms with Crippen molar-refractivity contribution in [3.63, 3.8) is 0 Å². The second-order valence-corrected chi connectivity index (χ2v) is 5.05. The van der Waals surface area contributed by atoms with E-state index in [2.05, 4.69) is 15.4 Å². The maximum Gasteiger partial charge on any atom is 0.132 e. The zero-order valence-corrected chi connectivity index (χ0v) is 10.8. The summed E-state index contributed by atoms with van der Waals surface area (Å²) in [6.07, 6.45) is 3.61. The van der Waals surface area contributed by atoms with Gasteiger partial charge in [-0.3, -0.25) is 4.98 Å². The molecule has 1 N–H and O–H groups in total. The van der Waals surface area contributed by atoms with Crippen LogP contribution < -0.4 is 5.32 Å². The Kier molecular flexibility index (Phi) is 2.45. The highest BCUT2D eigenvalue weighted by molar-refractivity contribution is 5.90. The van der Waals surface area contributed by atoms with Gasteiger partial charge in [0.1, 0.15) is 11.6 Å². The second-order valence-electron chi connectivity index (χ2n) is 5.05. The lowest BCUT2D eigenvalue weighted by atomic mass is 9.99. The van der Waals surface area contributed by atoms with Crippen molar-refractivity contribution in [3.8, 4) is 0 Å². The molecule has 3 aromatic rings. The number of halogens is 1. The van der Waals surface area contributed by atoms with E-state index in [0.29, 0.717) is 11.4 Å². The van der Waals surface area contributed by atoms with Crippen LogP contribution in [-0.2, 0) is 6.54 Å². The molecule has 20 heavy (non-hydrogen) atoms. The van der Waals surface area contributed by atoms with E-state index < -0.39 is 0 Å². The van der Waals surface area contributed by atoms with Crippen LogP contribution in [0.25, 0.3) is 10.9 Å². The zero-order chi connectivity index (χ0) is 13.5. The van der Waals surface area contributed by atoms with Crippen LogP contribution in [0.2, 0.25) is 0 Å². The summed E-state index contributed by atoms with van der Waals surface area (Å²) in [5, 5.41) is 8.87. The molecule has 0 fully saturated rings. The van der Waals surface area contributed by atoms with Gasteiger partial charge < -0.3 is 5.32 Å². The molecule has 0 aliphatic carbocycles. The fourth-order valence-corrected chi connectivity index (χ4v) is 2.78. The zero-order valence-electron chi connectivity index (χ0n) is 10.8. The Morgan fingerprint density at radius 2 is 2.05 bits per heavy atom. The van der Waals surface area contributed by atoms with Crippen molar-refractivity contribution in [2.75, 3.05) is 11.9 Å². The molecule has 3 heterocycles. The normalized spacial score (nSPS) is 17.8. The van der Waals surface area contributed by atoms with Gasteiger partial charge in [0.15, 0.2) is 0 Å². The van der Waals surface area contributed by atoms with Crippen LogP contribution in [0, 0.1) is 5.82 Å². The van der Waals surface area contributed by atoms with E-state index in [-0.39, 0.29) is 5.82 Å². The Bertz CT molecular complexity index is 766. The van der Waals surface area contributed by atoms with Gasteiger partial charge in [-0.05, 0) is 29.8 Å². The molecular weight excluding hydrogens is 255 g/mol. The number of rotatable bonds is 1.